The number of rotatable bonds is 3. The van der Waals surface area contributed by atoms with Crippen LogP contribution < -0.4 is 4.74 Å². The minimum absolute atomic E-state index is 0.383. The first kappa shape index (κ1) is 11.6. The van der Waals surface area contributed by atoms with Crippen molar-refractivity contribution >= 4 is 17.5 Å². The molecule has 0 atom stereocenters. The molecule has 0 N–H and O–H groups in total. The van der Waals surface area contributed by atoms with Crippen LogP contribution in [0.25, 0.3) is 11.3 Å². The van der Waals surface area contributed by atoms with Crippen molar-refractivity contribution in [2.75, 3.05) is 14.2 Å². The van der Waals surface area contributed by atoms with Gasteiger partial charge in [0.25, 0.3) is 0 Å². The SMILES string of the molecule is COC(=O)c1snc(-c2ccccc2)c1OC. The van der Waals surface area contributed by atoms with Crippen LogP contribution in [0.1, 0.15) is 9.67 Å². The highest BCUT2D eigenvalue weighted by Crippen LogP contribution is 2.35. The molecule has 1 aromatic carbocycles. The standard InChI is InChI=1S/C12H11NO3S/c1-15-10-9(8-6-4-3-5-7-8)13-17-11(10)12(14)16-2/h3-7H,1-2H3. The van der Waals surface area contributed by atoms with Crippen LogP contribution in [-0.4, -0.2) is 24.6 Å². The number of hydrogen-bond acceptors (Lipinski definition) is 5. The van der Waals surface area contributed by atoms with Gasteiger partial charge in [-0.05, 0) is 11.5 Å². The molecule has 0 aliphatic heterocycles. The van der Waals surface area contributed by atoms with E-state index in [0.29, 0.717) is 16.3 Å². The number of carbonyl (C=O) groups is 1. The molecule has 0 saturated heterocycles. The van der Waals surface area contributed by atoms with Crippen LogP contribution >= 0.6 is 11.5 Å². The molecular formula is C12H11NO3S. The number of aromatic nitrogens is 1. The summed E-state index contributed by atoms with van der Waals surface area (Å²) in [5.41, 5.74) is 1.58. The van der Waals surface area contributed by atoms with E-state index in [4.69, 9.17) is 4.74 Å². The van der Waals surface area contributed by atoms with Crippen LogP contribution in [-0.2, 0) is 4.74 Å². The fraction of sp³-hybridized carbons (Fsp3) is 0.167. The van der Waals surface area contributed by atoms with Crippen LogP contribution in [0.3, 0.4) is 0 Å². The van der Waals surface area contributed by atoms with E-state index in [1.807, 2.05) is 30.3 Å². The molecule has 1 heterocycles. The molecule has 0 aliphatic rings. The lowest BCUT2D eigenvalue weighted by molar-refractivity contribution is 0.0603. The lowest BCUT2D eigenvalue weighted by Gasteiger charge is -2.03. The molecule has 0 unspecified atom stereocenters. The van der Waals surface area contributed by atoms with E-state index in [0.717, 1.165) is 17.1 Å². The minimum atomic E-state index is -0.429. The van der Waals surface area contributed by atoms with E-state index in [9.17, 15) is 4.79 Å². The molecule has 2 rings (SSSR count). The van der Waals surface area contributed by atoms with Crippen LogP contribution in [0.4, 0.5) is 0 Å². The molecule has 0 fully saturated rings. The summed E-state index contributed by atoms with van der Waals surface area (Å²) in [5, 5.41) is 0. The fourth-order valence-electron chi connectivity index (χ4n) is 1.47. The van der Waals surface area contributed by atoms with Gasteiger partial charge in [-0.25, -0.2) is 4.79 Å². The third-order valence-electron chi connectivity index (χ3n) is 2.27. The van der Waals surface area contributed by atoms with Crippen LogP contribution in [0, 0.1) is 0 Å². The fourth-order valence-corrected chi connectivity index (χ4v) is 2.27. The normalized spacial score (nSPS) is 10.0. The number of benzene rings is 1. The second-order valence-corrected chi connectivity index (χ2v) is 4.02. The van der Waals surface area contributed by atoms with Gasteiger partial charge in [0.05, 0.1) is 14.2 Å². The Morgan fingerprint density at radius 3 is 2.53 bits per heavy atom. The summed E-state index contributed by atoms with van der Waals surface area (Å²) in [6.45, 7) is 0. The third kappa shape index (κ3) is 2.14. The van der Waals surface area contributed by atoms with Crippen LogP contribution in [0.5, 0.6) is 5.75 Å². The maximum atomic E-state index is 11.5. The highest BCUT2D eigenvalue weighted by Gasteiger charge is 2.21. The largest absolute Gasteiger partial charge is 0.493 e. The Balaban J connectivity index is 2.50. The van der Waals surface area contributed by atoms with Gasteiger partial charge in [0, 0.05) is 5.56 Å². The van der Waals surface area contributed by atoms with E-state index < -0.39 is 5.97 Å². The summed E-state index contributed by atoms with van der Waals surface area (Å²) >= 11 is 1.08. The number of carbonyl (C=O) groups excluding carboxylic acids is 1. The molecule has 0 saturated carbocycles. The number of hydrogen-bond donors (Lipinski definition) is 0. The first-order chi connectivity index (χ1) is 8.27. The van der Waals surface area contributed by atoms with E-state index in [1.165, 1.54) is 14.2 Å². The molecule has 88 valence electrons. The number of ether oxygens (including phenoxy) is 2. The topological polar surface area (TPSA) is 48.4 Å². The maximum absolute atomic E-state index is 11.5. The van der Waals surface area contributed by atoms with Gasteiger partial charge in [0.15, 0.2) is 10.6 Å². The summed E-state index contributed by atoms with van der Waals surface area (Å²) in [4.78, 5) is 11.9. The Bertz CT molecular complexity index is 522. The van der Waals surface area contributed by atoms with Gasteiger partial charge in [-0.15, -0.1) is 0 Å². The lowest BCUT2D eigenvalue weighted by atomic mass is 10.1. The summed E-state index contributed by atoms with van der Waals surface area (Å²) in [7, 11) is 2.85. The molecule has 0 spiro atoms. The van der Waals surface area contributed by atoms with Gasteiger partial charge in [0.1, 0.15) is 5.69 Å². The van der Waals surface area contributed by atoms with Crippen molar-refractivity contribution < 1.29 is 14.3 Å². The van der Waals surface area contributed by atoms with Gasteiger partial charge in [-0.1, -0.05) is 30.3 Å². The van der Waals surface area contributed by atoms with Gasteiger partial charge < -0.3 is 9.47 Å². The quantitative estimate of drug-likeness (QED) is 0.784. The molecule has 5 heteroatoms. The van der Waals surface area contributed by atoms with Crippen LogP contribution in [0.2, 0.25) is 0 Å². The zero-order valence-electron chi connectivity index (χ0n) is 9.47. The predicted octanol–water partition coefficient (Wildman–Crippen LogP) is 2.61. The molecule has 0 radical (unpaired) electrons. The van der Waals surface area contributed by atoms with Crippen molar-refractivity contribution in [3.63, 3.8) is 0 Å². The first-order valence-corrected chi connectivity index (χ1v) is 5.72. The van der Waals surface area contributed by atoms with Gasteiger partial charge >= 0.3 is 5.97 Å². The van der Waals surface area contributed by atoms with Crippen LogP contribution in [0.15, 0.2) is 30.3 Å². The molecule has 2 aromatic rings. The average Bonchev–Trinajstić information content (AvgIpc) is 2.82. The molecule has 0 amide bonds. The molecular weight excluding hydrogens is 238 g/mol. The Morgan fingerprint density at radius 2 is 1.94 bits per heavy atom. The average molecular weight is 249 g/mol. The van der Waals surface area contributed by atoms with Crippen molar-refractivity contribution in [3.8, 4) is 17.0 Å². The Hall–Kier alpha value is -1.88. The molecule has 17 heavy (non-hydrogen) atoms. The highest BCUT2D eigenvalue weighted by atomic mass is 32.1. The van der Waals surface area contributed by atoms with Gasteiger partial charge in [0.2, 0.25) is 0 Å². The number of nitrogens with zero attached hydrogens (tertiary/aromatic N) is 1. The summed E-state index contributed by atoms with van der Waals surface area (Å²) in [5.74, 6) is 0.0366. The second kappa shape index (κ2) is 4.97. The monoisotopic (exact) mass is 249 g/mol. The smallest absolute Gasteiger partial charge is 0.353 e. The predicted molar refractivity (Wildman–Crippen MR) is 65.4 cm³/mol. The van der Waals surface area contributed by atoms with E-state index in [1.54, 1.807) is 0 Å². The van der Waals surface area contributed by atoms with Crippen molar-refractivity contribution in [2.24, 2.45) is 0 Å². The summed E-state index contributed by atoms with van der Waals surface area (Å²) in [6, 6.07) is 9.57. The van der Waals surface area contributed by atoms with Gasteiger partial charge in [-0.2, -0.15) is 4.37 Å². The van der Waals surface area contributed by atoms with Gasteiger partial charge in [-0.3, -0.25) is 0 Å². The first-order valence-electron chi connectivity index (χ1n) is 4.95. The summed E-state index contributed by atoms with van der Waals surface area (Å²) < 4.78 is 14.2. The number of esters is 1. The van der Waals surface area contributed by atoms with E-state index in [2.05, 4.69) is 9.11 Å². The third-order valence-corrected chi connectivity index (χ3v) is 3.08. The zero-order valence-corrected chi connectivity index (χ0v) is 10.3. The summed E-state index contributed by atoms with van der Waals surface area (Å²) in [6.07, 6.45) is 0. The molecule has 0 aliphatic carbocycles. The minimum Gasteiger partial charge on any atom is -0.493 e. The van der Waals surface area contributed by atoms with E-state index in [-0.39, 0.29) is 0 Å². The Kier molecular flexibility index (Phi) is 3.39. The second-order valence-electron chi connectivity index (χ2n) is 3.25. The highest BCUT2D eigenvalue weighted by molar-refractivity contribution is 7.08. The van der Waals surface area contributed by atoms with Crippen molar-refractivity contribution in [2.45, 2.75) is 0 Å². The Morgan fingerprint density at radius 1 is 1.24 bits per heavy atom. The maximum Gasteiger partial charge on any atom is 0.353 e. The zero-order chi connectivity index (χ0) is 12.3. The Labute approximate surface area is 103 Å². The number of methoxy groups -OCH3 is 2. The molecule has 0 bridgehead atoms. The lowest BCUT2D eigenvalue weighted by Crippen LogP contribution is -2.00. The molecule has 1 aromatic heterocycles. The van der Waals surface area contributed by atoms with Crippen molar-refractivity contribution in [3.05, 3.63) is 35.2 Å². The van der Waals surface area contributed by atoms with E-state index >= 15 is 0 Å². The molecule has 4 nitrogen and oxygen atoms in total. The van der Waals surface area contributed by atoms with Crippen molar-refractivity contribution in [1.29, 1.82) is 0 Å². The van der Waals surface area contributed by atoms with Crippen molar-refractivity contribution in [1.82, 2.24) is 4.37 Å².